The number of carboxylic acid groups (broad SMARTS) is 3. The largest absolute Gasteiger partial charge is 2.00 e. The van der Waals surface area contributed by atoms with E-state index in [0.29, 0.717) is 13.1 Å². The Hall–Kier alpha value is -0.963. The fourth-order valence-corrected chi connectivity index (χ4v) is 1.54. The van der Waals surface area contributed by atoms with Gasteiger partial charge in [0.25, 0.3) is 0 Å². The molecule has 0 aliphatic carbocycles. The van der Waals surface area contributed by atoms with E-state index in [2.05, 4.69) is 0 Å². The molecule has 182 valence electrons. The normalized spacial score (nSPS) is 8.79. The maximum Gasteiger partial charge on any atom is 2.00 e. The Morgan fingerprint density at radius 1 is 0.690 bits per heavy atom. The minimum atomic E-state index is -1.73. The zero-order chi connectivity index (χ0) is 19.1. The Morgan fingerprint density at radius 2 is 0.966 bits per heavy atom. The van der Waals surface area contributed by atoms with Crippen LogP contribution in [0, 0.1) is 0 Å². The summed E-state index contributed by atoms with van der Waals surface area (Å²) in [5.41, 5.74) is 9.81. The molecule has 0 rings (SSSR count). The van der Waals surface area contributed by atoms with Crippen LogP contribution in [0.4, 0.5) is 0 Å². The van der Waals surface area contributed by atoms with Crippen molar-refractivity contribution in [2.24, 2.45) is 11.5 Å². The standard InChI is InChI=1S/C10H18N2O8.C2H8N2.2Ni.3H2O/c13-7(14)3-11(4-8(15)16)1-2-12(5-9(17)18)6-10(19)20;3-1-2-4;;;;;/h7,13-14H,1-6H2,(H,15,16)(H,17,18)(H,19,20);1-4H2;;;3*1H2/q;;2*+2;;;/p+3. The zero-order valence-corrected chi connectivity index (χ0v) is 17.6. The van der Waals surface area contributed by atoms with Gasteiger partial charge < -0.3 is 53.4 Å². The van der Waals surface area contributed by atoms with E-state index < -0.39 is 43.8 Å². The number of hydrogen-bond donors (Lipinski definition) is 7. The van der Waals surface area contributed by atoms with E-state index in [4.69, 9.17) is 37.0 Å². The van der Waals surface area contributed by atoms with E-state index >= 15 is 0 Å². The number of carbonyl (C=O) groups is 3. The van der Waals surface area contributed by atoms with Crippen LogP contribution in [-0.2, 0) is 63.8 Å². The number of rotatable bonds is 12. The van der Waals surface area contributed by atoms with Crippen LogP contribution in [0.25, 0.3) is 0 Å². The van der Waals surface area contributed by atoms with Crippen molar-refractivity contribution < 1.29 is 89.3 Å². The summed E-state index contributed by atoms with van der Waals surface area (Å²) in [5, 5.41) is 43.5. The Bertz CT molecular complexity index is 377. The molecule has 0 unspecified atom stereocenters. The summed E-state index contributed by atoms with van der Waals surface area (Å²) >= 11 is 0. The number of aliphatic hydroxyl groups is 2. The fourth-order valence-electron chi connectivity index (χ4n) is 1.54. The maximum atomic E-state index is 10.6. The molecule has 17 heteroatoms. The molecule has 0 saturated heterocycles. The number of aliphatic carboxylic acids is 3. The predicted octanol–water partition coefficient (Wildman–Crippen LogP) is -6.71. The Balaban J connectivity index is -0.0000000982. The van der Waals surface area contributed by atoms with Crippen LogP contribution < -0.4 is 11.5 Å². The van der Waals surface area contributed by atoms with Crippen LogP contribution in [-0.4, -0.2) is 112 Å². The summed E-state index contributed by atoms with van der Waals surface area (Å²) in [6.07, 6.45) is -1.73. The third kappa shape index (κ3) is 38.3. The molecule has 0 saturated carbocycles. The third-order valence-corrected chi connectivity index (χ3v) is 2.40. The summed E-state index contributed by atoms with van der Waals surface area (Å²) in [6.45, 7) is -0.654. The number of hydrogen-bond acceptors (Lipinski definition) is 9. The van der Waals surface area contributed by atoms with E-state index in [1.54, 1.807) is 0 Å². The van der Waals surface area contributed by atoms with Crippen molar-refractivity contribution >= 4 is 17.9 Å². The minimum absolute atomic E-state index is 0. The van der Waals surface area contributed by atoms with Crippen molar-refractivity contribution in [3.05, 3.63) is 0 Å². The zero-order valence-electron chi connectivity index (χ0n) is 15.6. The van der Waals surface area contributed by atoms with E-state index in [-0.39, 0.29) is 69.0 Å². The molecular formula is C12H35N4Ni2O11+7. The van der Waals surface area contributed by atoms with E-state index in [9.17, 15) is 14.4 Å². The molecule has 0 bridgehead atoms. The van der Waals surface area contributed by atoms with Crippen LogP contribution in [0.2, 0.25) is 0 Å². The van der Waals surface area contributed by atoms with Gasteiger partial charge in [-0.15, -0.1) is 0 Å². The number of aliphatic hydroxyl groups excluding tert-OH is 1. The van der Waals surface area contributed by atoms with Gasteiger partial charge in [-0.3, -0.25) is 24.2 Å². The summed E-state index contributed by atoms with van der Waals surface area (Å²) in [7, 11) is 0. The first-order chi connectivity index (χ1) is 11.1. The SMILES string of the molecule is NCCN.O=C(O)CN(CCN(CC(=O)O)CC(O)O)CC(=O)O.[Ni+2].[Ni+2].[OH3+].[OH3+].[OH3+]. The molecule has 0 heterocycles. The molecule has 0 amide bonds. The summed E-state index contributed by atoms with van der Waals surface area (Å²) < 4.78 is 0. The van der Waals surface area contributed by atoms with Crippen molar-refractivity contribution in [1.82, 2.24) is 9.80 Å². The monoisotopic (exact) mass is 527 g/mol. The number of carboxylic acids is 3. The summed E-state index contributed by atoms with van der Waals surface area (Å²) in [4.78, 5) is 34.0. The molecule has 15 nitrogen and oxygen atoms in total. The molecule has 18 N–H and O–H groups in total. The molecule has 29 heavy (non-hydrogen) atoms. The van der Waals surface area contributed by atoms with Gasteiger partial charge in [0.1, 0.15) is 0 Å². The van der Waals surface area contributed by atoms with Crippen LogP contribution in [0.15, 0.2) is 0 Å². The summed E-state index contributed by atoms with van der Waals surface area (Å²) in [5.74, 6) is -3.61. The molecule has 0 spiro atoms. The van der Waals surface area contributed by atoms with Gasteiger partial charge in [-0.2, -0.15) is 0 Å². The van der Waals surface area contributed by atoms with Crippen LogP contribution >= 0.6 is 0 Å². The van der Waals surface area contributed by atoms with Gasteiger partial charge in [-0.25, -0.2) is 0 Å². The Kier molecular flexibility index (Phi) is 46.7. The smallest absolute Gasteiger partial charge is 0.480 e. The van der Waals surface area contributed by atoms with Crippen LogP contribution in [0.3, 0.4) is 0 Å². The summed E-state index contributed by atoms with van der Waals surface area (Å²) in [6, 6.07) is 0. The Labute approximate surface area is 187 Å². The van der Waals surface area contributed by atoms with Gasteiger partial charge in [0.05, 0.1) is 19.6 Å². The average molecular weight is 529 g/mol. The second-order valence-corrected chi connectivity index (χ2v) is 4.68. The number of nitrogens with zero attached hydrogens (tertiary/aromatic N) is 2. The molecule has 0 radical (unpaired) electrons. The van der Waals surface area contributed by atoms with Gasteiger partial charge in [-0.05, 0) is 0 Å². The molecule has 0 aromatic carbocycles. The molecule has 0 atom stereocenters. The van der Waals surface area contributed by atoms with Gasteiger partial charge in [0.2, 0.25) is 0 Å². The van der Waals surface area contributed by atoms with Crippen molar-refractivity contribution in [2.75, 3.05) is 52.4 Å². The van der Waals surface area contributed by atoms with E-state index in [1.807, 2.05) is 0 Å². The van der Waals surface area contributed by atoms with Gasteiger partial charge >= 0.3 is 50.9 Å². The second kappa shape index (κ2) is 29.2. The number of nitrogens with two attached hydrogens (primary N) is 2. The molecule has 0 fully saturated rings. The van der Waals surface area contributed by atoms with Gasteiger partial charge in [0, 0.05) is 32.7 Å². The minimum Gasteiger partial charge on any atom is -0.480 e. The van der Waals surface area contributed by atoms with Crippen molar-refractivity contribution in [1.29, 1.82) is 0 Å². The maximum absolute atomic E-state index is 10.6. The first kappa shape index (κ1) is 46.3. The van der Waals surface area contributed by atoms with Crippen molar-refractivity contribution in [3.8, 4) is 0 Å². The van der Waals surface area contributed by atoms with Gasteiger partial charge in [0.15, 0.2) is 6.29 Å². The molecular weight excluding hydrogens is 494 g/mol. The van der Waals surface area contributed by atoms with Crippen LogP contribution in [0.5, 0.6) is 0 Å². The first-order valence-electron chi connectivity index (χ1n) is 6.98. The van der Waals surface area contributed by atoms with Crippen molar-refractivity contribution in [2.45, 2.75) is 6.29 Å². The van der Waals surface area contributed by atoms with Crippen molar-refractivity contribution in [3.63, 3.8) is 0 Å². The molecule has 0 aromatic heterocycles. The predicted molar refractivity (Wildman–Crippen MR) is 96.7 cm³/mol. The fraction of sp³-hybridized carbons (Fsp3) is 0.750. The Morgan fingerprint density at radius 3 is 1.21 bits per heavy atom. The average Bonchev–Trinajstić information content (AvgIpc) is 2.42. The quantitative estimate of drug-likeness (QED) is 0.0705. The van der Waals surface area contributed by atoms with Crippen LogP contribution in [0.1, 0.15) is 0 Å². The molecule has 0 aromatic rings. The molecule has 0 aliphatic heterocycles. The third-order valence-electron chi connectivity index (χ3n) is 2.40. The topological polar surface area (TPSA) is 310 Å². The van der Waals surface area contributed by atoms with E-state index in [1.165, 1.54) is 4.90 Å². The first-order valence-corrected chi connectivity index (χ1v) is 6.98. The van der Waals surface area contributed by atoms with Gasteiger partial charge in [-0.1, -0.05) is 0 Å². The second-order valence-electron chi connectivity index (χ2n) is 4.68. The van der Waals surface area contributed by atoms with E-state index in [0.717, 1.165) is 4.90 Å². The molecule has 0 aliphatic rings.